The van der Waals surface area contributed by atoms with E-state index in [0.717, 1.165) is 22.3 Å². The van der Waals surface area contributed by atoms with E-state index in [9.17, 15) is 14.4 Å². The highest BCUT2D eigenvalue weighted by molar-refractivity contribution is 5.89. The number of benzene rings is 2. The van der Waals surface area contributed by atoms with Crippen molar-refractivity contribution in [2.45, 2.75) is 51.6 Å². The fourth-order valence-corrected chi connectivity index (χ4v) is 3.94. The molecule has 7 heteroatoms. The van der Waals surface area contributed by atoms with Gasteiger partial charge in [0.1, 0.15) is 12.1 Å². The number of fused-ring (bicyclic) bond motifs is 3. The second kappa shape index (κ2) is 9.42. The molecule has 1 aliphatic rings. The third-order valence-electron chi connectivity index (χ3n) is 5.84. The molecule has 7 nitrogen and oxygen atoms in total. The number of hydrogen-bond donors (Lipinski definition) is 3. The molecule has 1 unspecified atom stereocenters. The number of carbonyl (C=O) groups excluding carboxylic acids is 2. The number of carboxylic acid groups (broad SMARTS) is 1. The molecule has 0 saturated carbocycles. The number of amides is 2. The van der Waals surface area contributed by atoms with Crippen LogP contribution in [0.3, 0.4) is 0 Å². The fourth-order valence-electron chi connectivity index (χ4n) is 3.94. The van der Waals surface area contributed by atoms with Crippen molar-refractivity contribution in [2.24, 2.45) is 5.92 Å². The highest BCUT2D eigenvalue weighted by atomic mass is 16.5. The van der Waals surface area contributed by atoms with Crippen molar-refractivity contribution in [3.8, 4) is 11.1 Å². The molecule has 0 saturated heterocycles. The largest absolute Gasteiger partial charge is 0.481 e. The maximum Gasteiger partial charge on any atom is 0.408 e. The van der Waals surface area contributed by atoms with Crippen molar-refractivity contribution in [2.75, 3.05) is 6.61 Å². The van der Waals surface area contributed by atoms with Gasteiger partial charge in [-0.3, -0.25) is 9.59 Å². The van der Waals surface area contributed by atoms with Gasteiger partial charge < -0.3 is 20.5 Å². The van der Waals surface area contributed by atoms with Gasteiger partial charge >= 0.3 is 12.1 Å². The molecule has 1 aliphatic carbocycles. The lowest BCUT2D eigenvalue weighted by Crippen LogP contribution is -2.57. The average Bonchev–Trinajstić information content (AvgIpc) is 3.05. The predicted molar refractivity (Wildman–Crippen MR) is 121 cm³/mol. The molecule has 3 N–H and O–H groups in total. The first-order valence-electron chi connectivity index (χ1n) is 10.8. The minimum Gasteiger partial charge on any atom is -0.481 e. The lowest BCUT2D eigenvalue weighted by Gasteiger charge is -2.29. The van der Waals surface area contributed by atoms with Crippen LogP contribution in [-0.4, -0.2) is 41.3 Å². The monoisotopic (exact) mass is 438 g/mol. The van der Waals surface area contributed by atoms with Crippen molar-refractivity contribution in [1.82, 2.24) is 10.6 Å². The molecular weight excluding hydrogens is 408 g/mol. The first-order chi connectivity index (χ1) is 15.1. The molecule has 0 radical (unpaired) electrons. The number of hydrogen-bond acceptors (Lipinski definition) is 4. The summed E-state index contributed by atoms with van der Waals surface area (Å²) in [5, 5.41) is 14.4. The Labute approximate surface area is 188 Å². The lowest BCUT2D eigenvalue weighted by molar-refractivity contribution is -0.138. The molecule has 1 atom stereocenters. The van der Waals surface area contributed by atoms with Gasteiger partial charge in [0.15, 0.2) is 0 Å². The summed E-state index contributed by atoms with van der Waals surface area (Å²) in [6.45, 7) is 6.93. The maximum absolute atomic E-state index is 12.7. The number of rotatable bonds is 8. The van der Waals surface area contributed by atoms with Gasteiger partial charge in [0, 0.05) is 12.0 Å². The van der Waals surface area contributed by atoms with Gasteiger partial charge in [-0.25, -0.2) is 4.79 Å². The van der Waals surface area contributed by atoms with Crippen LogP contribution < -0.4 is 10.6 Å². The van der Waals surface area contributed by atoms with E-state index < -0.39 is 29.6 Å². The van der Waals surface area contributed by atoms with Gasteiger partial charge in [-0.1, -0.05) is 62.4 Å². The Balaban J connectivity index is 1.63. The standard InChI is InChI=1S/C25H30N2O5/c1-15(2)21(13-22(28)29)26-23(30)25(3,4)27-24(31)32-14-20-18-11-7-5-9-16(18)17-10-6-8-12-19(17)20/h5-12,15,20-21H,13-14H2,1-4H3,(H,26,30)(H,27,31)(H,28,29). The number of carboxylic acids is 1. The highest BCUT2D eigenvalue weighted by Crippen LogP contribution is 2.44. The zero-order valence-corrected chi connectivity index (χ0v) is 18.8. The summed E-state index contributed by atoms with van der Waals surface area (Å²) in [6, 6.07) is 15.6. The summed E-state index contributed by atoms with van der Waals surface area (Å²) in [7, 11) is 0. The number of ether oxygens (including phenoxy) is 1. The Morgan fingerprint density at radius 2 is 1.53 bits per heavy atom. The van der Waals surface area contributed by atoms with Crippen LogP contribution in [0.1, 0.15) is 51.2 Å². The van der Waals surface area contributed by atoms with Crippen LogP contribution in [0.15, 0.2) is 48.5 Å². The van der Waals surface area contributed by atoms with Crippen LogP contribution in [0, 0.1) is 5.92 Å². The minimum absolute atomic E-state index is 0.0692. The average molecular weight is 439 g/mol. The van der Waals surface area contributed by atoms with E-state index in [0.29, 0.717) is 0 Å². The molecule has 0 fully saturated rings. The molecule has 0 spiro atoms. The number of alkyl carbamates (subject to hydrolysis) is 1. The number of nitrogens with one attached hydrogen (secondary N) is 2. The van der Waals surface area contributed by atoms with Crippen molar-refractivity contribution in [1.29, 1.82) is 0 Å². The molecule has 0 heterocycles. The predicted octanol–water partition coefficient (Wildman–Crippen LogP) is 3.92. The molecule has 0 aromatic heterocycles. The minimum atomic E-state index is -1.27. The third-order valence-corrected chi connectivity index (χ3v) is 5.84. The van der Waals surface area contributed by atoms with Crippen molar-refractivity contribution >= 4 is 18.0 Å². The van der Waals surface area contributed by atoms with Crippen LogP contribution in [-0.2, 0) is 14.3 Å². The highest BCUT2D eigenvalue weighted by Gasteiger charge is 2.34. The zero-order chi connectivity index (χ0) is 23.5. The van der Waals surface area contributed by atoms with Crippen molar-refractivity contribution < 1.29 is 24.2 Å². The second-order valence-corrected chi connectivity index (χ2v) is 9.00. The molecule has 0 bridgehead atoms. The molecule has 32 heavy (non-hydrogen) atoms. The van der Waals surface area contributed by atoms with E-state index in [2.05, 4.69) is 22.8 Å². The molecule has 3 rings (SSSR count). The normalized spacial score (nSPS) is 13.8. The van der Waals surface area contributed by atoms with E-state index in [4.69, 9.17) is 9.84 Å². The van der Waals surface area contributed by atoms with Crippen LogP contribution in [0.4, 0.5) is 4.79 Å². The van der Waals surface area contributed by atoms with E-state index >= 15 is 0 Å². The van der Waals surface area contributed by atoms with Crippen molar-refractivity contribution in [3.05, 3.63) is 59.7 Å². The van der Waals surface area contributed by atoms with Gasteiger partial charge in [-0.2, -0.15) is 0 Å². The summed E-state index contributed by atoms with van der Waals surface area (Å²) in [6.07, 6.45) is -0.893. The van der Waals surface area contributed by atoms with E-state index in [-0.39, 0.29) is 24.9 Å². The smallest absolute Gasteiger partial charge is 0.408 e. The van der Waals surface area contributed by atoms with E-state index in [1.54, 1.807) is 13.8 Å². The first kappa shape index (κ1) is 23.3. The van der Waals surface area contributed by atoms with Crippen molar-refractivity contribution in [3.63, 3.8) is 0 Å². The van der Waals surface area contributed by atoms with E-state index in [1.165, 1.54) is 0 Å². The molecule has 170 valence electrons. The van der Waals surface area contributed by atoms with Gasteiger partial charge in [-0.15, -0.1) is 0 Å². The summed E-state index contributed by atoms with van der Waals surface area (Å²) in [5.74, 6) is -1.61. The zero-order valence-electron chi connectivity index (χ0n) is 18.8. The molecule has 2 aromatic rings. The Morgan fingerprint density at radius 1 is 1.00 bits per heavy atom. The maximum atomic E-state index is 12.7. The van der Waals surface area contributed by atoms with Gasteiger partial charge in [0.2, 0.25) is 5.91 Å². The van der Waals surface area contributed by atoms with Crippen LogP contribution in [0.2, 0.25) is 0 Å². The quantitative estimate of drug-likeness (QED) is 0.579. The van der Waals surface area contributed by atoms with Gasteiger partial charge in [0.25, 0.3) is 0 Å². The Bertz CT molecular complexity index is 969. The van der Waals surface area contributed by atoms with E-state index in [1.807, 2.05) is 50.2 Å². The number of carbonyl (C=O) groups is 3. The Kier molecular flexibility index (Phi) is 6.87. The molecule has 2 amide bonds. The topological polar surface area (TPSA) is 105 Å². The molecule has 0 aliphatic heterocycles. The van der Waals surface area contributed by atoms with Crippen LogP contribution in [0.25, 0.3) is 11.1 Å². The Morgan fingerprint density at radius 3 is 2.03 bits per heavy atom. The lowest BCUT2D eigenvalue weighted by atomic mass is 9.98. The first-order valence-corrected chi connectivity index (χ1v) is 10.8. The van der Waals surface area contributed by atoms with Gasteiger partial charge in [-0.05, 0) is 42.0 Å². The summed E-state index contributed by atoms with van der Waals surface area (Å²) < 4.78 is 5.52. The summed E-state index contributed by atoms with van der Waals surface area (Å²) in [4.78, 5) is 36.3. The van der Waals surface area contributed by atoms with Crippen LogP contribution in [0.5, 0.6) is 0 Å². The third kappa shape index (κ3) is 5.10. The number of aliphatic carboxylic acids is 1. The van der Waals surface area contributed by atoms with Gasteiger partial charge in [0.05, 0.1) is 6.42 Å². The summed E-state index contributed by atoms with van der Waals surface area (Å²) >= 11 is 0. The SMILES string of the molecule is CC(C)C(CC(=O)O)NC(=O)C(C)(C)NC(=O)OCC1c2ccccc2-c2ccccc21. The van der Waals surface area contributed by atoms with Crippen LogP contribution >= 0.6 is 0 Å². The Hall–Kier alpha value is -3.35. The fraction of sp³-hybridized carbons (Fsp3) is 0.400. The molecular formula is C25H30N2O5. The molecule has 2 aromatic carbocycles. The second-order valence-electron chi connectivity index (χ2n) is 9.00. The summed E-state index contributed by atoms with van der Waals surface area (Å²) in [5.41, 5.74) is 3.21.